The van der Waals surface area contributed by atoms with Crippen molar-refractivity contribution in [3.63, 3.8) is 0 Å². The SMILES string of the molecule is CC(=O)c1c(C)nc(C)c(OC(=O)OCCO)c1-c1cccc([N+](=O)[O-])c1. The molecule has 0 atom stereocenters. The van der Waals surface area contributed by atoms with Crippen LogP contribution in [0.2, 0.25) is 0 Å². The van der Waals surface area contributed by atoms with Crippen molar-refractivity contribution in [3.05, 3.63) is 51.3 Å². The predicted octanol–water partition coefficient (Wildman–Crippen LogP) is 2.98. The number of ether oxygens (including phenoxy) is 2. The second kappa shape index (κ2) is 8.37. The summed E-state index contributed by atoms with van der Waals surface area (Å²) in [6.07, 6.45) is -1.08. The molecule has 0 spiro atoms. The molecule has 1 aromatic carbocycles. The molecule has 1 heterocycles. The van der Waals surface area contributed by atoms with E-state index in [0.29, 0.717) is 17.0 Å². The van der Waals surface area contributed by atoms with Gasteiger partial charge in [0.15, 0.2) is 11.5 Å². The first-order chi connectivity index (χ1) is 12.8. The summed E-state index contributed by atoms with van der Waals surface area (Å²) in [5, 5.41) is 19.9. The summed E-state index contributed by atoms with van der Waals surface area (Å²) in [6.45, 7) is 3.89. The fourth-order valence-corrected chi connectivity index (χ4v) is 2.68. The van der Waals surface area contributed by atoms with Crippen LogP contribution in [0.3, 0.4) is 0 Å². The largest absolute Gasteiger partial charge is 0.514 e. The Morgan fingerprint density at radius 1 is 1.26 bits per heavy atom. The molecule has 0 aliphatic carbocycles. The number of Topliss-reactive ketones (excluding diaryl/α,β-unsaturated/α-hetero) is 1. The summed E-state index contributed by atoms with van der Waals surface area (Å²) in [5.41, 5.74) is 1.26. The molecule has 0 aliphatic rings. The van der Waals surface area contributed by atoms with Gasteiger partial charge in [0.25, 0.3) is 5.69 Å². The van der Waals surface area contributed by atoms with Gasteiger partial charge in [-0.2, -0.15) is 0 Å². The highest BCUT2D eigenvalue weighted by atomic mass is 16.7. The van der Waals surface area contributed by atoms with Gasteiger partial charge in [-0.15, -0.1) is 0 Å². The van der Waals surface area contributed by atoms with Gasteiger partial charge in [0.2, 0.25) is 0 Å². The van der Waals surface area contributed by atoms with E-state index in [-0.39, 0.29) is 41.6 Å². The minimum atomic E-state index is -1.08. The third-order valence-corrected chi connectivity index (χ3v) is 3.70. The smallest absolute Gasteiger partial charge is 0.432 e. The molecule has 0 amide bonds. The summed E-state index contributed by atoms with van der Waals surface area (Å²) in [7, 11) is 0. The summed E-state index contributed by atoms with van der Waals surface area (Å²) in [4.78, 5) is 38.9. The minimum Gasteiger partial charge on any atom is -0.432 e. The van der Waals surface area contributed by atoms with Crippen LogP contribution < -0.4 is 4.74 Å². The number of hydrogen-bond donors (Lipinski definition) is 1. The number of aromatic nitrogens is 1. The fourth-order valence-electron chi connectivity index (χ4n) is 2.68. The van der Waals surface area contributed by atoms with Crippen molar-refractivity contribution < 1.29 is 29.1 Å². The van der Waals surface area contributed by atoms with Gasteiger partial charge in [-0.3, -0.25) is 19.9 Å². The molecule has 1 aromatic heterocycles. The maximum Gasteiger partial charge on any atom is 0.514 e. The number of rotatable bonds is 6. The number of aliphatic hydroxyl groups excluding tert-OH is 1. The number of hydrogen-bond acceptors (Lipinski definition) is 8. The zero-order valence-corrected chi connectivity index (χ0v) is 15.0. The van der Waals surface area contributed by atoms with Crippen LogP contribution in [0.5, 0.6) is 5.75 Å². The van der Waals surface area contributed by atoms with Crippen molar-refractivity contribution in [2.75, 3.05) is 13.2 Å². The number of carbonyl (C=O) groups excluding carboxylic acids is 2. The zero-order valence-electron chi connectivity index (χ0n) is 15.0. The zero-order chi connectivity index (χ0) is 20.1. The van der Waals surface area contributed by atoms with Crippen molar-refractivity contribution in [1.82, 2.24) is 4.98 Å². The van der Waals surface area contributed by atoms with E-state index in [9.17, 15) is 19.7 Å². The number of benzene rings is 1. The molecule has 0 saturated carbocycles. The molecule has 0 fully saturated rings. The predicted molar refractivity (Wildman–Crippen MR) is 94.9 cm³/mol. The van der Waals surface area contributed by atoms with Crippen molar-refractivity contribution in [2.45, 2.75) is 20.8 Å². The van der Waals surface area contributed by atoms with Crippen LogP contribution in [0.1, 0.15) is 28.7 Å². The monoisotopic (exact) mass is 374 g/mol. The van der Waals surface area contributed by atoms with Crippen LogP contribution in [0, 0.1) is 24.0 Å². The van der Waals surface area contributed by atoms with E-state index in [2.05, 4.69) is 4.98 Å². The van der Waals surface area contributed by atoms with Crippen LogP contribution in [0.25, 0.3) is 11.1 Å². The highest BCUT2D eigenvalue weighted by Crippen LogP contribution is 2.38. The topological polar surface area (TPSA) is 129 Å². The van der Waals surface area contributed by atoms with Gasteiger partial charge in [0.05, 0.1) is 22.8 Å². The first-order valence-corrected chi connectivity index (χ1v) is 7.98. The first kappa shape index (κ1) is 20.0. The Hall–Kier alpha value is -3.33. The van der Waals surface area contributed by atoms with E-state index < -0.39 is 11.1 Å². The van der Waals surface area contributed by atoms with Crippen LogP contribution in [-0.4, -0.2) is 40.2 Å². The average Bonchev–Trinajstić information content (AvgIpc) is 2.61. The molecular formula is C18H18N2O7. The van der Waals surface area contributed by atoms with Gasteiger partial charge in [-0.05, 0) is 26.3 Å². The highest BCUT2D eigenvalue weighted by Gasteiger charge is 2.25. The molecule has 0 bridgehead atoms. The molecule has 142 valence electrons. The summed E-state index contributed by atoms with van der Waals surface area (Å²) >= 11 is 0. The molecule has 0 unspecified atom stereocenters. The van der Waals surface area contributed by atoms with Gasteiger partial charge < -0.3 is 14.6 Å². The Balaban J connectivity index is 2.71. The molecule has 2 rings (SSSR count). The maximum absolute atomic E-state index is 12.2. The maximum atomic E-state index is 12.2. The lowest BCUT2D eigenvalue weighted by atomic mass is 9.94. The summed E-state index contributed by atoms with van der Waals surface area (Å²) in [6, 6.07) is 5.64. The van der Waals surface area contributed by atoms with E-state index in [1.54, 1.807) is 19.9 Å². The average molecular weight is 374 g/mol. The lowest BCUT2D eigenvalue weighted by molar-refractivity contribution is -0.384. The Bertz CT molecular complexity index is 909. The number of ketones is 1. The molecule has 9 heteroatoms. The number of aryl methyl sites for hydroxylation is 2. The Labute approximate surface area is 154 Å². The third-order valence-electron chi connectivity index (χ3n) is 3.70. The number of nitro benzene ring substituents is 1. The van der Waals surface area contributed by atoms with E-state index in [1.807, 2.05) is 0 Å². The number of carbonyl (C=O) groups is 2. The molecule has 9 nitrogen and oxygen atoms in total. The minimum absolute atomic E-state index is 0.0331. The van der Waals surface area contributed by atoms with Crippen LogP contribution in [0.4, 0.5) is 10.5 Å². The normalized spacial score (nSPS) is 10.4. The van der Waals surface area contributed by atoms with Crippen molar-refractivity contribution in [2.24, 2.45) is 0 Å². The van der Waals surface area contributed by atoms with E-state index in [0.717, 1.165) is 0 Å². The lowest BCUT2D eigenvalue weighted by Gasteiger charge is -2.17. The number of nitro groups is 1. The van der Waals surface area contributed by atoms with Crippen molar-refractivity contribution >= 4 is 17.6 Å². The summed E-state index contributed by atoms with van der Waals surface area (Å²) < 4.78 is 9.92. The number of nitrogens with zero attached hydrogens (tertiary/aromatic N) is 2. The van der Waals surface area contributed by atoms with Gasteiger partial charge in [-0.1, -0.05) is 12.1 Å². The molecule has 0 radical (unpaired) electrons. The second-order valence-electron chi connectivity index (χ2n) is 5.65. The number of non-ortho nitro benzene ring substituents is 1. The molecule has 1 N–H and O–H groups in total. The van der Waals surface area contributed by atoms with Crippen LogP contribution >= 0.6 is 0 Å². The van der Waals surface area contributed by atoms with Gasteiger partial charge in [0, 0.05) is 23.4 Å². The molecular weight excluding hydrogens is 356 g/mol. The van der Waals surface area contributed by atoms with Crippen LogP contribution in [-0.2, 0) is 4.74 Å². The van der Waals surface area contributed by atoms with Gasteiger partial charge in [0.1, 0.15) is 6.61 Å². The quantitative estimate of drug-likeness (QED) is 0.353. The molecule has 0 saturated heterocycles. The first-order valence-electron chi connectivity index (χ1n) is 7.98. The molecule has 2 aromatic rings. The van der Waals surface area contributed by atoms with Gasteiger partial charge in [-0.25, -0.2) is 4.79 Å². The van der Waals surface area contributed by atoms with E-state index in [4.69, 9.17) is 14.6 Å². The Kier molecular flexibility index (Phi) is 6.19. The third kappa shape index (κ3) is 4.45. The van der Waals surface area contributed by atoms with E-state index in [1.165, 1.54) is 25.1 Å². The van der Waals surface area contributed by atoms with Crippen LogP contribution in [0.15, 0.2) is 24.3 Å². The molecule has 0 aliphatic heterocycles. The van der Waals surface area contributed by atoms with Crippen molar-refractivity contribution in [1.29, 1.82) is 0 Å². The Morgan fingerprint density at radius 2 is 1.96 bits per heavy atom. The standard InChI is InChI=1S/C18H18N2O7/c1-10-15(12(3)22)16(13-5-4-6-14(9-13)20(24)25)17(11(2)19-10)27-18(23)26-8-7-21/h4-6,9,21H,7-8H2,1-3H3. The Morgan fingerprint density at radius 3 is 2.56 bits per heavy atom. The fraction of sp³-hybridized carbons (Fsp3) is 0.278. The second-order valence-corrected chi connectivity index (χ2v) is 5.65. The highest BCUT2D eigenvalue weighted by molar-refractivity contribution is 6.04. The van der Waals surface area contributed by atoms with Crippen molar-refractivity contribution in [3.8, 4) is 16.9 Å². The van der Waals surface area contributed by atoms with E-state index >= 15 is 0 Å². The van der Waals surface area contributed by atoms with Gasteiger partial charge >= 0.3 is 6.16 Å². The molecule has 27 heavy (non-hydrogen) atoms. The lowest BCUT2D eigenvalue weighted by Crippen LogP contribution is -2.16. The number of aliphatic hydroxyl groups is 1. The number of pyridine rings is 1. The summed E-state index contributed by atoms with van der Waals surface area (Å²) in [5.74, 6) is -0.371.